The molecular weight excluding hydrogens is 462 g/mol. The number of rotatable bonds is 5. The second-order valence-electron chi connectivity index (χ2n) is 13.0. The van der Waals surface area contributed by atoms with E-state index in [1.54, 1.807) is 7.11 Å². The van der Waals surface area contributed by atoms with Crippen molar-refractivity contribution >= 4 is 11.6 Å². The third kappa shape index (κ3) is 4.75. The normalized spacial score (nSPS) is 24.2. The molecule has 0 saturated heterocycles. The smallest absolute Gasteiger partial charge is 0.162 e. The average Bonchev–Trinajstić information content (AvgIpc) is 2.82. The van der Waals surface area contributed by atoms with E-state index in [-0.39, 0.29) is 28.3 Å². The van der Waals surface area contributed by atoms with Gasteiger partial charge in [0.05, 0.1) is 13.7 Å². The maximum Gasteiger partial charge on any atom is 0.162 e. The zero-order valence-corrected chi connectivity index (χ0v) is 23.5. The third-order valence-electron chi connectivity index (χ3n) is 8.71. The summed E-state index contributed by atoms with van der Waals surface area (Å²) in [5, 5.41) is 0. The van der Waals surface area contributed by atoms with Crippen LogP contribution in [0.15, 0.2) is 40.7 Å². The second-order valence-corrected chi connectivity index (χ2v) is 13.0. The van der Waals surface area contributed by atoms with Crippen molar-refractivity contribution in [2.24, 2.45) is 10.8 Å². The topological polar surface area (TPSA) is 55.8 Å². The Bertz CT molecular complexity index is 1110. The molecule has 1 aromatic rings. The molecule has 1 aromatic carbocycles. The highest BCUT2D eigenvalue weighted by Gasteiger charge is 2.50. The molecule has 1 heterocycles. The largest absolute Gasteiger partial charge is 0.493 e. The molecule has 0 unspecified atom stereocenters. The van der Waals surface area contributed by atoms with Gasteiger partial charge in [-0.1, -0.05) is 53.0 Å². The number of methoxy groups -OCH3 is 1. The Labute approximate surface area is 222 Å². The molecule has 0 N–H and O–H groups in total. The lowest BCUT2D eigenvalue weighted by Crippen LogP contribution is -2.48. The molecule has 0 bridgehead atoms. The molecule has 1 aliphatic heterocycles. The van der Waals surface area contributed by atoms with E-state index in [0.29, 0.717) is 37.0 Å². The SMILES string of the molecule is CCOc1ccc(C2C3=C(CC(C)(C)CC3=O)N(C3CCCCC3)C3=C2C(=O)CC(C)(C)C3)cc1OC. The summed E-state index contributed by atoms with van der Waals surface area (Å²) in [5.41, 5.74) is 4.80. The van der Waals surface area contributed by atoms with Crippen molar-refractivity contribution in [3.63, 3.8) is 0 Å². The maximum absolute atomic E-state index is 14.0. The monoisotopic (exact) mass is 505 g/mol. The summed E-state index contributed by atoms with van der Waals surface area (Å²) in [5.74, 6) is 1.36. The molecule has 0 atom stereocenters. The number of ketones is 2. The molecule has 37 heavy (non-hydrogen) atoms. The first-order chi connectivity index (χ1) is 17.5. The minimum Gasteiger partial charge on any atom is -0.493 e. The van der Waals surface area contributed by atoms with Crippen LogP contribution in [0.4, 0.5) is 0 Å². The van der Waals surface area contributed by atoms with Gasteiger partial charge >= 0.3 is 0 Å². The molecule has 1 fully saturated rings. The van der Waals surface area contributed by atoms with Crippen molar-refractivity contribution in [3.8, 4) is 11.5 Å². The summed E-state index contributed by atoms with van der Waals surface area (Å²) < 4.78 is 11.5. The summed E-state index contributed by atoms with van der Waals surface area (Å²) in [4.78, 5) is 30.5. The fourth-order valence-electron chi connectivity index (χ4n) is 7.25. The molecule has 5 heteroatoms. The minimum atomic E-state index is -0.346. The number of allylic oxidation sites excluding steroid dienone is 4. The van der Waals surface area contributed by atoms with E-state index < -0.39 is 0 Å². The Morgan fingerprint density at radius 2 is 1.41 bits per heavy atom. The predicted molar refractivity (Wildman–Crippen MR) is 146 cm³/mol. The highest BCUT2D eigenvalue weighted by molar-refractivity contribution is 6.06. The predicted octanol–water partition coefficient (Wildman–Crippen LogP) is 7.11. The molecule has 3 aliphatic carbocycles. The fraction of sp³-hybridized carbons (Fsp3) is 0.625. The highest BCUT2D eigenvalue weighted by Crippen LogP contribution is 2.56. The second kappa shape index (κ2) is 9.63. The number of ether oxygens (including phenoxy) is 2. The lowest BCUT2D eigenvalue weighted by Gasteiger charge is -2.52. The Morgan fingerprint density at radius 1 is 0.838 bits per heavy atom. The summed E-state index contributed by atoms with van der Waals surface area (Å²) >= 11 is 0. The Hall–Kier alpha value is -2.56. The molecule has 0 spiro atoms. The van der Waals surface area contributed by atoms with Crippen LogP contribution in [0.3, 0.4) is 0 Å². The number of carbonyl (C=O) groups is 2. The lowest BCUT2D eigenvalue weighted by molar-refractivity contribution is -0.119. The van der Waals surface area contributed by atoms with Crippen molar-refractivity contribution in [1.29, 1.82) is 0 Å². The third-order valence-corrected chi connectivity index (χ3v) is 8.71. The van der Waals surface area contributed by atoms with E-state index in [1.807, 2.05) is 25.1 Å². The zero-order chi connectivity index (χ0) is 26.5. The van der Waals surface area contributed by atoms with Crippen molar-refractivity contribution < 1.29 is 19.1 Å². The number of hydrogen-bond donors (Lipinski definition) is 0. The van der Waals surface area contributed by atoms with E-state index in [0.717, 1.165) is 42.4 Å². The van der Waals surface area contributed by atoms with E-state index in [9.17, 15) is 9.59 Å². The van der Waals surface area contributed by atoms with Crippen LogP contribution in [0, 0.1) is 10.8 Å². The van der Waals surface area contributed by atoms with E-state index >= 15 is 0 Å². The first-order valence-electron chi connectivity index (χ1n) is 14.2. The van der Waals surface area contributed by atoms with Crippen LogP contribution < -0.4 is 9.47 Å². The van der Waals surface area contributed by atoms with Crippen molar-refractivity contribution in [1.82, 2.24) is 4.90 Å². The molecule has 1 saturated carbocycles. The molecule has 0 radical (unpaired) electrons. The Morgan fingerprint density at radius 3 is 1.92 bits per heavy atom. The van der Waals surface area contributed by atoms with Crippen LogP contribution in [-0.2, 0) is 9.59 Å². The molecular formula is C32H43NO4. The summed E-state index contributed by atoms with van der Waals surface area (Å²) in [6.07, 6.45) is 8.68. The standard InChI is InChI=1S/C32H43NO4/c1-7-37-26-14-13-20(15-27(26)36-6)28-29-22(16-31(2,3)18-24(29)34)33(21-11-9-8-10-12-21)23-17-32(4,5)19-25(35)30(23)28/h13-15,21,28H,7-12,16-19H2,1-6H3. The van der Waals surface area contributed by atoms with Gasteiger partial charge in [0.2, 0.25) is 0 Å². The average molecular weight is 506 g/mol. The molecule has 0 aromatic heterocycles. The van der Waals surface area contributed by atoms with Crippen LogP contribution >= 0.6 is 0 Å². The molecule has 200 valence electrons. The van der Waals surface area contributed by atoms with Gasteiger partial charge < -0.3 is 14.4 Å². The van der Waals surface area contributed by atoms with E-state index in [1.165, 1.54) is 30.7 Å². The van der Waals surface area contributed by atoms with Gasteiger partial charge in [-0.2, -0.15) is 0 Å². The van der Waals surface area contributed by atoms with Crippen LogP contribution in [0.5, 0.6) is 11.5 Å². The van der Waals surface area contributed by atoms with Crippen LogP contribution in [0.1, 0.15) is 104 Å². The fourth-order valence-corrected chi connectivity index (χ4v) is 7.25. The number of hydrogen-bond acceptors (Lipinski definition) is 5. The van der Waals surface area contributed by atoms with Gasteiger partial charge in [-0.25, -0.2) is 0 Å². The first kappa shape index (κ1) is 26.1. The van der Waals surface area contributed by atoms with Crippen LogP contribution in [0.2, 0.25) is 0 Å². The minimum absolute atomic E-state index is 0.101. The maximum atomic E-state index is 14.0. The number of benzene rings is 1. The lowest BCUT2D eigenvalue weighted by atomic mass is 9.63. The van der Waals surface area contributed by atoms with Crippen molar-refractivity contribution in [2.75, 3.05) is 13.7 Å². The van der Waals surface area contributed by atoms with Gasteiger partial charge in [0.15, 0.2) is 23.1 Å². The first-order valence-corrected chi connectivity index (χ1v) is 14.2. The van der Waals surface area contributed by atoms with Gasteiger partial charge in [-0.3, -0.25) is 9.59 Å². The summed E-state index contributed by atoms with van der Waals surface area (Å²) in [7, 11) is 1.64. The van der Waals surface area contributed by atoms with Gasteiger partial charge in [-0.15, -0.1) is 0 Å². The van der Waals surface area contributed by atoms with Crippen molar-refractivity contribution in [2.45, 2.75) is 104 Å². The number of Topliss-reactive ketones (excluding diaryl/α,β-unsaturated/α-hetero) is 2. The molecule has 0 amide bonds. The number of carbonyl (C=O) groups excluding carboxylic acids is 2. The molecule has 4 aliphatic rings. The summed E-state index contributed by atoms with van der Waals surface area (Å²) in [6, 6.07) is 6.31. The van der Waals surface area contributed by atoms with Gasteiger partial charge in [-0.05, 0) is 61.1 Å². The van der Waals surface area contributed by atoms with Gasteiger partial charge in [0.25, 0.3) is 0 Å². The molecule has 5 rings (SSSR count). The van der Waals surface area contributed by atoms with Crippen LogP contribution in [0.25, 0.3) is 0 Å². The zero-order valence-electron chi connectivity index (χ0n) is 23.5. The van der Waals surface area contributed by atoms with Gasteiger partial charge in [0, 0.05) is 47.3 Å². The van der Waals surface area contributed by atoms with Gasteiger partial charge in [0.1, 0.15) is 0 Å². The Kier molecular flexibility index (Phi) is 6.79. The van der Waals surface area contributed by atoms with E-state index in [4.69, 9.17) is 9.47 Å². The molecule has 5 nitrogen and oxygen atoms in total. The number of nitrogens with zero attached hydrogens (tertiary/aromatic N) is 1. The van der Waals surface area contributed by atoms with E-state index in [2.05, 4.69) is 32.6 Å². The summed E-state index contributed by atoms with van der Waals surface area (Å²) in [6.45, 7) is 11.3. The van der Waals surface area contributed by atoms with Crippen LogP contribution in [-0.4, -0.2) is 36.2 Å². The highest BCUT2D eigenvalue weighted by atomic mass is 16.5. The van der Waals surface area contributed by atoms with Crippen molar-refractivity contribution in [3.05, 3.63) is 46.3 Å². The quantitative estimate of drug-likeness (QED) is 0.427. The Balaban J connectivity index is 1.75.